The summed E-state index contributed by atoms with van der Waals surface area (Å²) in [6.45, 7) is 3.04. The predicted octanol–water partition coefficient (Wildman–Crippen LogP) is 4.47. The van der Waals surface area contributed by atoms with Crippen LogP contribution in [0.3, 0.4) is 0 Å². The first-order chi connectivity index (χ1) is 16.5. The molecule has 1 aliphatic heterocycles. The second-order valence-corrected chi connectivity index (χ2v) is 9.18. The number of carbonyl (C=O) groups excluding carboxylic acids is 2. The summed E-state index contributed by atoms with van der Waals surface area (Å²) >= 11 is 0. The van der Waals surface area contributed by atoms with Crippen LogP contribution in [0.2, 0.25) is 0 Å². The third-order valence-corrected chi connectivity index (χ3v) is 6.89. The predicted molar refractivity (Wildman–Crippen MR) is 128 cm³/mol. The van der Waals surface area contributed by atoms with Gasteiger partial charge in [-0.3, -0.25) is 9.59 Å². The summed E-state index contributed by atoms with van der Waals surface area (Å²) in [4.78, 5) is 39.0. The highest BCUT2D eigenvalue weighted by molar-refractivity contribution is 5.99. The highest BCUT2D eigenvalue weighted by atomic mass is 19.1. The van der Waals surface area contributed by atoms with Crippen LogP contribution in [0.1, 0.15) is 62.2 Å². The molecule has 1 saturated carbocycles. The zero-order chi connectivity index (χ0) is 24.1. The fraction of sp³-hybridized carbons (Fsp3) is 0.538. The van der Waals surface area contributed by atoms with E-state index in [4.69, 9.17) is 9.72 Å². The van der Waals surface area contributed by atoms with E-state index in [1.807, 2.05) is 7.05 Å². The first kappa shape index (κ1) is 24.1. The summed E-state index contributed by atoms with van der Waals surface area (Å²) < 4.78 is 18.6. The van der Waals surface area contributed by atoms with Gasteiger partial charge in [0.25, 0.3) is 5.91 Å². The summed E-state index contributed by atoms with van der Waals surface area (Å²) in [5.41, 5.74) is 1.13. The molecule has 34 heavy (non-hydrogen) atoms. The van der Waals surface area contributed by atoms with Gasteiger partial charge in [-0.1, -0.05) is 19.3 Å². The lowest BCUT2D eigenvalue weighted by Gasteiger charge is -2.35. The lowest BCUT2D eigenvalue weighted by Crippen LogP contribution is -2.44. The zero-order valence-electron chi connectivity index (χ0n) is 20.0. The Hall–Kier alpha value is -3.03. The molecule has 2 aliphatic rings. The van der Waals surface area contributed by atoms with Gasteiger partial charge in [-0.2, -0.15) is 0 Å². The Balaban J connectivity index is 1.65. The summed E-state index contributed by atoms with van der Waals surface area (Å²) in [6.07, 6.45) is 8.68. The molecule has 1 aliphatic carbocycles. The molecule has 1 aromatic carbocycles. The van der Waals surface area contributed by atoms with Crippen molar-refractivity contribution < 1.29 is 18.7 Å². The molecule has 2 heterocycles. The number of hydrogen-bond acceptors (Lipinski definition) is 6. The third kappa shape index (κ3) is 5.37. The number of piperidine rings is 1. The van der Waals surface area contributed by atoms with Crippen LogP contribution >= 0.6 is 0 Å². The number of anilines is 1. The molecular formula is C26H33FN4O3. The molecule has 7 nitrogen and oxygen atoms in total. The van der Waals surface area contributed by atoms with Crippen molar-refractivity contribution in [2.75, 3.05) is 31.6 Å². The van der Waals surface area contributed by atoms with Crippen molar-refractivity contribution in [2.24, 2.45) is 5.92 Å². The second-order valence-electron chi connectivity index (χ2n) is 9.18. The highest BCUT2D eigenvalue weighted by Crippen LogP contribution is 2.30. The van der Waals surface area contributed by atoms with Gasteiger partial charge in [-0.05, 0) is 56.9 Å². The summed E-state index contributed by atoms with van der Waals surface area (Å²) in [6, 6.07) is 6.35. The minimum absolute atomic E-state index is 0.169. The van der Waals surface area contributed by atoms with E-state index in [1.165, 1.54) is 18.6 Å². The molecule has 4 rings (SSSR count). The third-order valence-electron chi connectivity index (χ3n) is 6.89. The normalized spacial score (nSPS) is 19.0. The number of halogens is 1. The van der Waals surface area contributed by atoms with E-state index in [-0.39, 0.29) is 23.6 Å². The van der Waals surface area contributed by atoms with Crippen LogP contribution in [0, 0.1) is 11.7 Å². The number of ether oxygens (including phenoxy) is 1. The first-order valence-corrected chi connectivity index (χ1v) is 12.3. The monoisotopic (exact) mass is 468 g/mol. The number of hydrogen-bond donors (Lipinski definition) is 0. The number of carbonyl (C=O) groups is 2. The van der Waals surface area contributed by atoms with Gasteiger partial charge in [0, 0.05) is 37.9 Å². The number of benzene rings is 1. The molecule has 2 fully saturated rings. The van der Waals surface area contributed by atoms with E-state index in [2.05, 4.69) is 9.88 Å². The fourth-order valence-electron chi connectivity index (χ4n) is 4.96. The number of rotatable bonds is 6. The van der Waals surface area contributed by atoms with Gasteiger partial charge < -0.3 is 14.5 Å². The minimum Gasteiger partial charge on any atom is -0.466 e. The van der Waals surface area contributed by atoms with Crippen molar-refractivity contribution in [3.05, 3.63) is 41.8 Å². The van der Waals surface area contributed by atoms with Crippen molar-refractivity contribution in [3.8, 4) is 11.4 Å². The summed E-state index contributed by atoms with van der Waals surface area (Å²) in [5.74, 6) is -0.00515. The molecule has 0 radical (unpaired) electrons. The SMILES string of the molecule is CCOC(=O)C1CCCN(C(=O)c2cnc(-c3ccc(F)cc3)nc2N(C)C2CCCCC2)C1. The number of esters is 1. The first-order valence-electron chi connectivity index (χ1n) is 12.3. The number of likely N-dealkylation sites (tertiary alicyclic amines) is 1. The van der Waals surface area contributed by atoms with Crippen LogP contribution in [-0.4, -0.2) is 59.5 Å². The average molecular weight is 469 g/mol. The Morgan fingerprint density at radius 2 is 1.85 bits per heavy atom. The van der Waals surface area contributed by atoms with Crippen molar-refractivity contribution in [3.63, 3.8) is 0 Å². The maximum atomic E-state index is 13.6. The van der Waals surface area contributed by atoms with Gasteiger partial charge in [0.2, 0.25) is 0 Å². The Morgan fingerprint density at radius 1 is 1.12 bits per heavy atom. The molecule has 0 bridgehead atoms. The average Bonchev–Trinajstić information content (AvgIpc) is 2.88. The molecule has 182 valence electrons. The smallest absolute Gasteiger partial charge is 0.310 e. The molecule has 1 saturated heterocycles. The Labute approximate surface area is 200 Å². The van der Waals surface area contributed by atoms with Gasteiger partial charge in [-0.25, -0.2) is 14.4 Å². The number of aromatic nitrogens is 2. The summed E-state index contributed by atoms with van der Waals surface area (Å²) in [7, 11) is 1.99. The Kier molecular flexibility index (Phi) is 7.75. The van der Waals surface area contributed by atoms with E-state index in [9.17, 15) is 14.0 Å². The van der Waals surface area contributed by atoms with Crippen LogP contribution in [0.25, 0.3) is 11.4 Å². The quantitative estimate of drug-likeness (QED) is 0.583. The lowest BCUT2D eigenvalue weighted by molar-refractivity contribution is -0.149. The molecule has 1 atom stereocenters. The van der Waals surface area contributed by atoms with Crippen LogP contribution in [-0.2, 0) is 9.53 Å². The topological polar surface area (TPSA) is 75.6 Å². The molecule has 1 aromatic heterocycles. The molecule has 8 heteroatoms. The number of nitrogens with zero attached hydrogens (tertiary/aromatic N) is 4. The molecule has 0 spiro atoms. The Morgan fingerprint density at radius 3 is 2.56 bits per heavy atom. The molecular weight excluding hydrogens is 435 g/mol. The molecule has 0 N–H and O–H groups in total. The maximum Gasteiger partial charge on any atom is 0.310 e. The van der Waals surface area contributed by atoms with Crippen molar-refractivity contribution in [2.45, 2.75) is 57.9 Å². The molecule has 1 amide bonds. The Bertz CT molecular complexity index is 1010. The van der Waals surface area contributed by atoms with Crippen LogP contribution in [0.15, 0.2) is 30.5 Å². The van der Waals surface area contributed by atoms with E-state index in [0.717, 1.165) is 38.5 Å². The molecule has 2 aromatic rings. The largest absolute Gasteiger partial charge is 0.466 e. The van der Waals surface area contributed by atoms with E-state index in [1.54, 1.807) is 30.2 Å². The van der Waals surface area contributed by atoms with Crippen molar-refractivity contribution in [1.29, 1.82) is 0 Å². The van der Waals surface area contributed by atoms with Crippen LogP contribution in [0.4, 0.5) is 10.2 Å². The number of amides is 1. The van der Waals surface area contributed by atoms with Crippen molar-refractivity contribution in [1.82, 2.24) is 14.9 Å². The van der Waals surface area contributed by atoms with Crippen LogP contribution < -0.4 is 4.90 Å². The second kappa shape index (κ2) is 10.9. The fourth-order valence-corrected chi connectivity index (χ4v) is 4.96. The van der Waals surface area contributed by atoms with Crippen LogP contribution in [0.5, 0.6) is 0 Å². The summed E-state index contributed by atoms with van der Waals surface area (Å²) in [5, 5.41) is 0. The van der Waals surface area contributed by atoms with E-state index < -0.39 is 0 Å². The zero-order valence-corrected chi connectivity index (χ0v) is 20.0. The van der Waals surface area contributed by atoms with Gasteiger partial charge >= 0.3 is 5.97 Å². The minimum atomic E-state index is -0.323. The van der Waals surface area contributed by atoms with E-state index >= 15 is 0 Å². The maximum absolute atomic E-state index is 13.6. The van der Waals surface area contributed by atoms with Gasteiger partial charge in [0.15, 0.2) is 5.82 Å². The van der Waals surface area contributed by atoms with Gasteiger partial charge in [0.05, 0.1) is 12.5 Å². The standard InChI is InChI=1S/C26H33FN4O3/c1-3-34-26(33)19-8-7-15-31(17-19)25(32)22-16-28-23(18-11-13-20(27)14-12-18)29-24(22)30(2)21-9-5-4-6-10-21/h11-14,16,19,21H,3-10,15,17H2,1-2H3. The van der Waals surface area contributed by atoms with Gasteiger partial charge in [0.1, 0.15) is 17.2 Å². The van der Waals surface area contributed by atoms with E-state index in [0.29, 0.717) is 48.5 Å². The van der Waals surface area contributed by atoms with Gasteiger partial charge in [-0.15, -0.1) is 0 Å². The molecule has 1 unspecified atom stereocenters. The van der Waals surface area contributed by atoms with Crippen molar-refractivity contribution >= 4 is 17.7 Å². The highest BCUT2D eigenvalue weighted by Gasteiger charge is 2.32. The lowest BCUT2D eigenvalue weighted by atomic mass is 9.94.